The van der Waals surface area contributed by atoms with Crippen LogP contribution in [0, 0.1) is 0 Å². The molecule has 0 aliphatic carbocycles. The van der Waals surface area contributed by atoms with Crippen molar-refractivity contribution in [3.05, 3.63) is 30.6 Å². The number of aryl methyl sites for hydroxylation is 1. The molecule has 4 heteroatoms. The molecular formula is C11H12N2O2. The Morgan fingerprint density at radius 3 is 2.80 bits per heavy atom. The summed E-state index contributed by atoms with van der Waals surface area (Å²) < 4.78 is 6.88. The third-order valence-corrected chi connectivity index (χ3v) is 2.28. The van der Waals surface area contributed by atoms with Crippen LogP contribution in [-0.4, -0.2) is 21.8 Å². The van der Waals surface area contributed by atoms with E-state index in [-0.39, 0.29) is 5.75 Å². The van der Waals surface area contributed by atoms with Gasteiger partial charge in [0.25, 0.3) is 0 Å². The largest absolute Gasteiger partial charge is 0.504 e. The summed E-state index contributed by atoms with van der Waals surface area (Å²) in [6.07, 6.45) is 3.52. The minimum Gasteiger partial charge on any atom is -0.504 e. The number of hydrogen-bond acceptors (Lipinski definition) is 3. The van der Waals surface area contributed by atoms with E-state index in [0.717, 1.165) is 0 Å². The molecule has 4 nitrogen and oxygen atoms in total. The van der Waals surface area contributed by atoms with Gasteiger partial charge in [0, 0.05) is 19.4 Å². The SMILES string of the molecule is COc1cccc(-c2nccn2C)c1O. The lowest BCUT2D eigenvalue weighted by Gasteiger charge is -2.08. The van der Waals surface area contributed by atoms with Crippen molar-refractivity contribution in [3.63, 3.8) is 0 Å². The summed E-state index contributed by atoms with van der Waals surface area (Å²) >= 11 is 0. The van der Waals surface area contributed by atoms with Gasteiger partial charge in [-0.05, 0) is 12.1 Å². The fraction of sp³-hybridized carbons (Fsp3) is 0.182. The van der Waals surface area contributed by atoms with E-state index in [1.807, 2.05) is 23.9 Å². The van der Waals surface area contributed by atoms with Gasteiger partial charge < -0.3 is 14.4 Å². The smallest absolute Gasteiger partial charge is 0.168 e. The molecule has 0 radical (unpaired) electrons. The molecule has 1 aromatic carbocycles. The first-order valence-electron chi connectivity index (χ1n) is 4.57. The van der Waals surface area contributed by atoms with Gasteiger partial charge in [-0.2, -0.15) is 0 Å². The molecule has 1 N–H and O–H groups in total. The van der Waals surface area contributed by atoms with Crippen molar-refractivity contribution in [2.45, 2.75) is 0 Å². The third-order valence-electron chi connectivity index (χ3n) is 2.28. The third kappa shape index (κ3) is 1.54. The monoisotopic (exact) mass is 204 g/mol. The van der Waals surface area contributed by atoms with Crippen LogP contribution in [0.2, 0.25) is 0 Å². The molecule has 0 unspecified atom stereocenters. The predicted octanol–water partition coefficient (Wildman–Crippen LogP) is 1.80. The fourth-order valence-electron chi connectivity index (χ4n) is 1.49. The van der Waals surface area contributed by atoms with Crippen molar-refractivity contribution in [3.8, 4) is 22.9 Å². The van der Waals surface area contributed by atoms with Gasteiger partial charge >= 0.3 is 0 Å². The molecule has 1 heterocycles. The van der Waals surface area contributed by atoms with Gasteiger partial charge in [0.2, 0.25) is 0 Å². The number of para-hydroxylation sites is 1. The number of rotatable bonds is 2. The van der Waals surface area contributed by atoms with Crippen molar-refractivity contribution in [1.82, 2.24) is 9.55 Å². The summed E-state index contributed by atoms with van der Waals surface area (Å²) in [5.41, 5.74) is 0.668. The quantitative estimate of drug-likeness (QED) is 0.811. The van der Waals surface area contributed by atoms with E-state index in [2.05, 4.69) is 4.98 Å². The van der Waals surface area contributed by atoms with Crippen LogP contribution >= 0.6 is 0 Å². The van der Waals surface area contributed by atoms with Gasteiger partial charge in [0.05, 0.1) is 12.7 Å². The van der Waals surface area contributed by atoms with E-state index < -0.39 is 0 Å². The second-order valence-electron chi connectivity index (χ2n) is 3.22. The Morgan fingerprint density at radius 1 is 1.40 bits per heavy atom. The minimum atomic E-state index is 0.120. The molecular weight excluding hydrogens is 192 g/mol. The first-order chi connectivity index (χ1) is 7.24. The number of imidazole rings is 1. The first kappa shape index (κ1) is 9.58. The minimum absolute atomic E-state index is 0.120. The summed E-state index contributed by atoms with van der Waals surface area (Å²) in [5, 5.41) is 9.91. The summed E-state index contributed by atoms with van der Waals surface area (Å²) in [5.74, 6) is 1.29. The van der Waals surface area contributed by atoms with E-state index in [4.69, 9.17) is 4.74 Å². The Hall–Kier alpha value is -1.97. The van der Waals surface area contributed by atoms with Gasteiger partial charge in [-0.15, -0.1) is 0 Å². The van der Waals surface area contributed by atoms with Crippen LogP contribution in [0.25, 0.3) is 11.4 Å². The standard InChI is InChI=1S/C11H12N2O2/c1-13-7-6-12-11(13)8-4-3-5-9(15-2)10(8)14/h3-7,14H,1-2H3. The van der Waals surface area contributed by atoms with E-state index in [1.165, 1.54) is 7.11 Å². The van der Waals surface area contributed by atoms with Gasteiger partial charge in [0.1, 0.15) is 5.82 Å². The molecule has 0 fully saturated rings. The van der Waals surface area contributed by atoms with Crippen molar-refractivity contribution in [2.75, 3.05) is 7.11 Å². The van der Waals surface area contributed by atoms with E-state index in [9.17, 15) is 5.11 Å². The van der Waals surface area contributed by atoms with Crippen LogP contribution in [0.3, 0.4) is 0 Å². The van der Waals surface area contributed by atoms with Gasteiger partial charge in [-0.25, -0.2) is 4.98 Å². The molecule has 78 valence electrons. The highest BCUT2D eigenvalue weighted by atomic mass is 16.5. The zero-order valence-electron chi connectivity index (χ0n) is 8.64. The lowest BCUT2D eigenvalue weighted by atomic mass is 10.1. The molecule has 0 aliphatic heterocycles. The van der Waals surface area contributed by atoms with E-state index in [1.54, 1.807) is 18.3 Å². The number of methoxy groups -OCH3 is 1. The Balaban J connectivity index is 2.59. The van der Waals surface area contributed by atoms with Crippen LogP contribution in [0.15, 0.2) is 30.6 Å². The van der Waals surface area contributed by atoms with Gasteiger partial charge in [-0.3, -0.25) is 0 Å². The summed E-state index contributed by atoms with van der Waals surface area (Å²) in [4.78, 5) is 4.17. The number of benzene rings is 1. The molecule has 0 amide bonds. The summed E-state index contributed by atoms with van der Waals surface area (Å²) in [6, 6.07) is 5.34. The first-order valence-corrected chi connectivity index (χ1v) is 4.57. The topological polar surface area (TPSA) is 47.3 Å². The van der Waals surface area contributed by atoms with Crippen molar-refractivity contribution in [1.29, 1.82) is 0 Å². The molecule has 0 spiro atoms. The average Bonchev–Trinajstić information content (AvgIpc) is 2.65. The summed E-state index contributed by atoms with van der Waals surface area (Å²) in [6.45, 7) is 0. The second kappa shape index (κ2) is 3.65. The molecule has 0 atom stereocenters. The van der Waals surface area contributed by atoms with Crippen molar-refractivity contribution in [2.24, 2.45) is 7.05 Å². The molecule has 2 rings (SSSR count). The summed E-state index contributed by atoms with van der Waals surface area (Å²) in [7, 11) is 3.40. The van der Waals surface area contributed by atoms with E-state index >= 15 is 0 Å². The maximum Gasteiger partial charge on any atom is 0.168 e. The number of phenols is 1. The van der Waals surface area contributed by atoms with E-state index in [0.29, 0.717) is 17.1 Å². The fourth-order valence-corrected chi connectivity index (χ4v) is 1.49. The number of phenolic OH excluding ortho intramolecular Hbond substituents is 1. The highest BCUT2D eigenvalue weighted by Gasteiger charge is 2.12. The molecule has 1 aromatic heterocycles. The molecule has 0 bridgehead atoms. The van der Waals surface area contributed by atoms with Crippen molar-refractivity contribution < 1.29 is 9.84 Å². The van der Waals surface area contributed by atoms with Crippen LogP contribution in [-0.2, 0) is 7.05 Å². The Labute approximate surface area is 87.8 Å². The highest BCUT2D eigenvalue weighted by molar-refractivity contribution is 5.68. The van der Waals surface area contributed by atoms with Crippen LogP contribution in [0.4, 0.5) is 0 Å². The van der Waals surface area contributed by atoms with Crippen molar-refractivity contribution >= 4 is 0 Å². The number of ether oxygens (including phenoxy) is 1. The van der Waals surface area contributed by atoms with Gasteiger partial charge in [0.15, 0.2) is 11.5 Å². The zero-order chi connectivity index (χ0) is 10.8. The molecule has 2 aromatic rings. The Bertz CT molecular complexity index is 477. The van der Waals surface area contributed by atoms with Crippen LogP contribution in [0.1, 0.15) is 0 Å². The lowest BCUT2D eigenvalue weighted by molar-refractivity contribution is 0.374. The zero-order valence-corrected chi connectivity index (χ0v) is 8.64. The van der Waals surface area contributed by atoms with Gasteiger partial charge in [-0.1, -0.05) is 6.07 Å². The molecule has 0 saturated heterocycles. The average molecular weight is 204 g/mol. The normalized spacial score (nSPS) is 10.3. The highest BCUT2D eigenvalue weighted by Crippen LogP contribution is 2.35. The number of aromatic hydroxyl groups is 1. The Kier molecular flexibility index (Phi) is 2.33. The maximum atomic E-state index is 9.91. The number of hydrogen-bond donors (Lipinski definition) is 1. The second-order valence-corrected chi connectivity index (χ2v) is 3.22. The number of aromatic nitrogens is 2. The van der Waals surface area contributed by atoms with Crippen LogP contribution in [0.5, 0.6) is 11.5 Å². The Morgan fingerprint density at radius 2 is 2.20 bits per heavy atom. The molecule has 0 aliphatic rings. The van der Waals surface area contributed by atoms with Crippen LogP contribution < -0.4 is 4.74 Å². The number of nitrogens with zero attached hydrogens (tertiary/aromatic N) is 2. The predicted molar refractivity (Wildman–Crippen MR) is 56.9 cm³/mol. The lowest BCUT2D eigenvalue weighted by Crippen LogP contribution is -1.93. The molecule has 15 heavy (non-hydrogen) atoms. The molecule has 0 saturated carbocycles. The maximum absolute atomic E-state index is 9.91.